The summed E-state index contributed by atoms with van der Waals surface area (Å²) in [6.45, 7) is 6.38. The van der Waals surface area contributed by atoms with Crippen molar-refractivity contribution in [1.82, 2.24) is 4.90 Å². The Bertz CT molecular complexity index is 427. The van der Waals surface area contributed by atoms with E-state index in [9.17, 15) is 0 Å². The van der Waals surface area contributed by atoms with Gasteiger partial charge in [-0.05, 0) is 38.4 Å². The first kappa shape index (κ1) is 12.0. The summed E-state index contributed by atoms with van der Waals surface area (Å²) in [5, 5.41) is 0. The van der Waals surface area contributed by atoms with Gasteiger partial charge in [-0.2, -0.15) is 0 Å². The maximum Gasteiger partial charge on any atom is 0.126 e. The van der Waals surface area contributed by atoms with Gasteiger partial charge in [0.2, 0.25) is 0 Å². The van der Waals surface area contributed by atoms with Gasteiger partial charge in [-0.1, -0.05) is 18.2 Å². The average molecular weight is 246 g/mol. The summed E-state index contributed by atoms with van der Waals surface area (Å²) in [5.41, 5.74) is 8.81. The minimum Gasteiger partial charge on any atom is -0.493 e. The Morgan fingerprint density at radius 2 is 2.11 bits per heavy atom. The molecule has 2 atom stereocenters. The van der Waals surface area contributed by atoms with E-state index in [1.54, 1.807) is 0 Å². The van der Waals surface area contributed by atoms with Gasteiger partial charge in [-0.25, -0.2) is 0 Å². The van der Waals surface area contributed by atoms with Crippen molar-refractivity contribution in [3.8, 4) is 5.75 Å². The molecular weight excluding hydrogens is 224 g/mol. The first-order valence-corrected chi connectivity index (χ1v) is 6.96. The van der Waals surface area contributed by atoms with Crippen LogP contribution >= 0.6 is 0 Å². The number of rotatable bonds is 2. The van der Waals surface area contributed by atoms with Gasteiger partial charge in [0.05, 0.1) is 6.61 Å². The van der Waals surface area contributed by atoms with Gasteiger partial charge in [-0.3, -0.25) is 0 Å². The van der Waals surface area contributed by atoms with Crippen LogP contribution in [0.4, 0.5) is 0 Å². The molecule has 2 aliphatic rings. The molecule has 0 bridgehead atoms. The smallest absolute Gasteiger partial charge is 0.126 e. The molecule has 0 radical (unpaired) electrons. The first-order chi connectivity index (χ1) is 8.75. The number of likely N-dealkylation sites (tertiary alicyclic amines) is 1. The number of benzene rings is 1. The van der Waals surface area contributed by atoms with Crippen molar-refractivity contribution in [3.63, 3.8) is 0 Å². The second-order valence-corrected chi connectivity index (χ2v) is 5.60. The van der Waals surface area contributed by atoms with E-state index in [0.717, 1.165) is 18.9 Å². The van der Waals surface area contributed by atoms with Crippen molar-refractivity contribution in [2.24, 2.45) is 11.7 Å². The highest BCUT2D eigenvalue weighted by Gasteiger charge is 2.30. The molecule has 0 aromatic heterocycles. The van der Waals surface area contributed by atoms with Crippen LogP contribution in [0.25, 0.3) is 0 Å². The van der Waals surface area contributed by atoms with Crippen LogP contribution in [0.5, 0.6) is 5.75 Å². The fraction of sp³-hybridized carbons (Fsp3) is 0.600. The number of fused-ring (bicyclic) bond motifs is 1. The highest BCUT2D eigenvalue weighted by molar-refractivity contribution is 5.44. The van der Waals surface area contributed by atoms with E-state index in [4.69, 9.17) is 10.5 Å². The van der Waals surface area contributed by atoms with E-state index in [1.807, 2.05) is 0 Å². The zero-order valence-corrected chi connectivity index (χ0v) is 11.1. The van der Waals surface area contributed by atoms with E-state index in [0.29, 0.717) is 5.92 Å². The molecule has 2 N–H and O–H groups in total. The number of nitrogens with two attached hydrogens (primary N) is 1. The Labute approximate surface area is 109 Å². The van der Waals surface area contributed by atoms with Crippen LogP contribution in [0.2, 0.25) is 0 Å². The SMILES string of the molecule is Cc1cccc2c1OCC(CN1CCCC1)C2N. The van der Waals surface area contributed by atoms with Crippen LogP contribution in [0.3, 0.4) is 0 Å². The highest BCUT2D eigenvalue weighted by Crippen LogP contribution is 2.36. The highest BCUT2D eigenvalue weighted by atomic mass is 16.5. The minimum atomic E-state index is 0.120. The Morgan fingerprint density at radius 3 is 2.89 bits per heavy atom. The first-order valence-electron chi connectivity index (χ1n) is 6.96. The normalized spacial score (nSPS) is 27.9. The maximum atomic E-state index is 6.43. The van der Waals surface area contributed by atoms with Crippen LogP contribution in [0, 0.1) is 12.8 Å². The van der Waals surface area contributed by atoms with Crippen LogP contribution in [-0.2, 0) is 0 Å². The predicted molar refractivity (Wildman–Crippen MR) is 72.8 cm³/mol. The zero-order valence-electron chi connectivity index (χ0n) is 11.1. The lowest BCUT2D eigenvalue weighted by Gasteiger charge is -2.34. The van der Waals surface area contributed by atoms with Gasteiger partial charge in [0.15, 0.2) is 0 Å². The third-order valence-electron chi connectivity index (χ3n) is 4.24. The van der Waals surface area contributed by atoms with Gasteiger partial charge in [0.25, 0.3) is 0 Å². The Kier molecular flexibility index (Phi) is 3.27. The van der Waals surface area contributed by atoms with Crippen LogP contribution in [0.1, 0.15) is 30.0 Å². The molecule has 1 fully saturated rings. The molecular formula is C15H22N2O. The lowest BCUT2D eigenvalue weighted by Crippen LogP contribution is -2.39. The van der Waals surface area contributed by atoms with E-state index in [1.165, 1.54) is 37.1 Å². The van der Waals surface area contributed by atoms with E-state index in [-0.39, 0.29) is 6.04 Å². The Hall–Kier alpha value is -1.06. The zero-order chi connectivity index (χ0) is 12.5. The molecule has 2 aliphatic heterocycles. The largest absolute Gasteiger partial charge is 0.493 e. The standard InChI is InChI=1S/C15H22N2O/c1-11-5-4-6-13-14(16)12(10-18-15(11)13)9-17-7-2-3-8-17/h4-6,12,14H,2-3,7-10,16H2,1H3. The predicted octanol–water partition coefficient (Wildman–Crippen LogP) is 2.10. The third kappa shape index (κ3) is 2.13. The molecule has 98 valence electrons. The molecule has 0 saturated carbocycles. The lowest BCUT2D eigenvalue weighted by molar-refractivity contribution is 0.151. The molecule has 1 saturated heterocycles. The fourth-order valence-electron chi connectivity index (χ4n) is 3.15. The van der Waals surface area contributed by atoms with Crippen molar-refractivity contribution >= 4 is 0 Å². The van der Waals surface area contributed by atoms with Crippen LogP contribution < -0.4 is 10.5 Å². The average Bonchev–Trinajstić information content (AvgIpc) is 2.86. The van der Waals surface area contributed by atoms with Gasteiger partial charge in [0.1, 0.15) is 5.75 Å². The van der Waals surface area contributed by atoms with Gasteiger partial charge in [0, 0.05) is 24.1 Å². The maximum absolute atomic E-state index is 6.43. The van der Waals surface area contributed by atoms with Crippen LogP contribution in [0.15, 0.2) is 18.2 Å². The summed E-state index contributed by atoms with van der Waals surface area (Å²) in [7, 11) is 0. The summed E-state index contributed by atoms with van der Waals surface area (Å²) in [5.74, 6) is 1.44. The molecule has 3 rings (SSSR count). The monoisotopic (exact) mass is 246 g/mol. The summed E-state index contributed by atoms with van der Waals surface area (Å²) in [6, 6.07) is 6.40. The second kappa shape index (κ2) is 4.90. The number of nitrogens with zero attached hydrogens (tertiary/aromatic N) is 1. The number of para-hydroxylation sites is 1. The van der Waals surface area contributed by atoms with Gasteiger partial charge in [-0.15, -0.1) is 0 Å². The molecule has 18 heavy (non-hydrogen) atoms. The molecule has 1 aromatic rings. The summed E-state index contributed by atoms with van der Waals surface area (Å²) in [6.07, 6.45) is 2.66. The topological polar surface area (TPSA) is 38.5 Å². The Morgan fingerprint density at radius 1 is 1.33 bits per heavy atom. The van der Waals surface area contributed by atoms with Crippen molar-refractivity contribution in [2.75, 3.05) is 26.2 Å². The van der Waals surface area contributed by atoms with Gasteiger partial charge < -0.3 is 15.4 Å². The fourth-order valence-corrected chi connectivity index (χ4v) is 3.15. The second-order valence-electron chi connectivity index (χ2n) is 5.60. The van der Waals surface area contributed by atoms with E-state index >= 15 is 0 Å². The minimum absolute atomic E-state index is 0.120. The van der Waals surface area contributed by atoms with Crippen molar-refractivity contribution in [3.05, 3.63) is 29.3 Å². The summed E-state index contributed by atoms with van der Waals surface area (Å²) in [4.78, 5) is 2.52. The van der Waals surface area contributed by atoms with Crippen molar-refractivity contribution < 1.29 is 4.74 Å². The van der Waals surface area contributed by atoms with Gasteiger partial charge >= 0.3 is 0 Å². The molecule has 0 aliphatic carbocycles. The number of aryl methyl sites for hydroxylation is 1. The molecule has 2 heterocycles. The molecule has 0 amide bonds. The quantitative estimate of drug-likeness (QED) is 0.868. The summed E-state index contributed by atoms with van der Waals surface area (Å²) < 4.78 is 5.94. The molecule has 3 nitrogen and oxygen atoms in total. The number of ether oxygens (including phenoxy) is 1. The van der Waals surface area contributed by atoms with Crippen molar-refractivity contribution in [2.45, 2.75) is 25.8 Å². The van der Waals surface area contributed by atoms with Crippen molar-refractivity contribution in [1.29, 1.82) is 0 Å². The molecule has 0 spiro atoms. The molecule has 1 aromatic carbocycles. The van der Waals surface area contributed by atoms with E-state index < -0.39 is 0 Å². The lowest BCUT2D eigenvalue weighted by atomic mass is 9.90. The molecule has 2 unspecified atom stereocenters. The third-order valence-corrected chi connectivity index (χ3v) is 4.24. The molecule has 3 heteroatoms. The summed E-state index contributed by atoms with van der Waals surface area (Å²) >= 11 is 0. The Balaban J connectivity index is 1.76. The van der Waals surface area contributed by atoms with E-state index in [2.05, 4.69) is 30.0 Å². The number of hydrogen-bond donors (Lipinski definition) is 1. The number of hydrogen-bond acceptors (Lipinski definition) is 3. The van der Waals surface area contributed by atoms with Crippen LogP contribution in [-0.4, -0.2) is 31.1 Å².